The van der Waals surface area contributed by atoms with Gasteiger partial charge in [-0.1, -0.05) is 64.5 Å². The minimum Gasteiger partial charge on any atom is -0.354 e. The predicted molar refractivity (Wildman–Crippen MR) is 88.3 cm³/mol. The molecule has 0 unspecified atom stereocenters. The van der Waals surface area contributed by atoms with Crippen molar-refractivity contribution in [2.45, 2.75) is 0 Å². The van der Waals surface area contributed by atoms with Gasteiger partial charge in [-0.15, -0.1) is 0 Å². The van der Waals surface area contributed by atoms with Gasteiger partial charge in [-0.3, -0.25) is 0 Å². The van der Waals surface area contributed by atoms with Gasteiger partial charge in [0.15, 0.2) is 0 Å². The third kappa shape index (κ3) is 1.76. The second-order valence-corrected chi connectivity index (χ2v) is 5.82. The van der Waals surface area contributed by atoms with Gasteiger partial charge in [-0.2, -0.15) is 0 Å². The minimum absolute atomic E-state index is 1.08. The van der Waals surface area contributed by atoms with Gasteiger partial charge in [-0.25, -0.2) is 0 Å². The van der Waals surface area contributed by atoms with Crippen molar-refractivity contribution in [3.8, 4) is 22.3 Å². The van der Waals surface area contributed by atoms with Crippen LogP contribution in [0.5, 0.6) is 0 Å². The van der Waals surface area contributed by atoms with Crippen LogP contribution in [0.3, 0.4) is 0 Å². The maximum atomic E-state index is 3.56. The van der Waals surface area contributed by atoms with Crippen LogP contribution in [-0.4, -0.2) is 0 Å². The fourth-order valence-corrected chi connectivity index (χ4v) is 3.14. The molecular formula is C18H12BrN. The normalized spacial score (nSPS) is 11.7. The van der Waals surface area contributed by atoms with Crippen molar-refractivity contribution in [3.05, 3.63) is 71.2 Å². The number of para-hydroxylation sites is 1. The first kappa shape index (κ1) is 11.7. The molecule has 0 spiro atoms. The summed E-state index contributed by atoms with van der Waals surface area (Å²) in [5.41, 5.74) is 7.31. The molecule has 4 rings (SSSR count). The zero-order valence-corrected chi connectivity index (χ0v) is 12.3. The molecule has 0 fully saturated rings. The molecule has 0 aromatic heterocycles. The molecule has 0 saturated carbocycles. The molecule has 0 bridgehead atoms. The average Bonchev–Trinajstić information content (AvgIpc) is 2.61. The molecule has 96 valence electrons. The Morgan fingerprint density at radius 1 is 0.600 bits per heavy atom. The van der Waals surface area contributed by atoms with Crippen LogP contribution in [0, 0.1) is 0 Å². The molecule has 0 radical (unpaired) electrons. The highest BCUT2D eigenvalue weighted by Gasteiger charge is 2.17. The summed E-state index contributed by atoms with van der Waals surface area (Å²) in [6.07, 6.45) is 0. The number of anilines is 2. The molecule has 3 aromatic carbocycles. The molecule has 0 aliphatic carbocycles. The Kier molecular flexibility index (Phi) is 2.64. The van der Waals surface area contributed by atoms with Crippen LogP contribution in [0.2, 0.25) is 0 Å². The summed E-state index contributed by atoms with van der Waals surface area (Å²) in [5, 5.41) is 3.56. The lowest BCUT2D eigenvalue weighted by molar-refractivity contribution is 1.55. The smallest absolute Gasteiger partial charge is 0.0475 e. The van der Waals surface area contributed by atoms with Gasteiger partial charge in [-0.05, 0) is 29.3 Å². The van der Waals surface area contributed by atoms with Crippen molar-refractivity contribution in [3.63, 3.8) is 0 Å². The molecule has 1 heterocycles. The molecular weight excluding hydrogens is 310 g/mol. The second-order valence-electron chi connectivity index (χ2n) is 4.91. The molecule has 1 nitrogen and oxygen atoms in total. The highest BCUT2D eigenvalue weighted by atomic mass is 79.9. The maximum absolute atomic E-state index is 3.56. The maximum Gasteiger partial charge on any atom is 0.0475 e. The standard InChI is InChI=1S/C18H12BrN/c19-12-9-10-16-14-6-2-1-5-13(14)15-7-3-4-8-17(15)20-18(16)11-12/h1-11,20H. The number of hydrogen-bond donors (Lipinski definition) is 1. The summed E-state index contributed by atoms with van der Waals surface area (Å²) in [5.74, 6) is 0. The lowest BCUT2D eigenvalue weighted by Gasteiger charge is -2.10. The monoisotopic (exact) mass is 321 g/mol. The van der Waals surface area contributed by atoms with E-state index in [0.29, 0.717) is 0 Å². The van der Waals surface area contributed by atoms with Crippen LogP contribution >= 0.6 is 15.9 Å². The molecule has 2 heteroatoms. The Balaban J connectivity index is 2.11. The number of rotatable bonds is 0. The summed E-state index contributed by atoms with van der Waals surface area (Å²) < 4.78 is 1.08. The number of fused-ring (bicyclic) bond motifs is 5. The summed E-state index contributed by atoms with van der Waals surface area (Å²) in [6, 6.07) is 23.4. The van der Waals surface area contributed by atoms with Crippen LogP contribution < -0.4 is 5.32 Å². The Hall–Kier alpha value is -2.06. The molecule has 1 aliphatic heterocycles. The lowest BCUT2D eigenvalue weighted by atomic mass is 9.95. The summed E-state index contributed by atoms with van der Waals surface area (Å²) >= 11 is 3.56. The molecule has 1 N–H and O–H groups in total. The van der Waals surface area contributed by atoms with Gasteiger partial charge in [0.05, 0.1) is 0 Å². The summed E-state index contributed by atoms with van der Waals surface area (Å²) in [6.45, 7) is 0. The van der Waals surface area contributed by atoms with Crippen molar-refractivity contribution in [2.24, 2.45) is 0 Å². The fourth-order valence-electron chi connectivity index (χ4n) is 2.78. The lowest BCUT2D eigenvalue weighted by Crippen LogP contribution is -1.91. The molecule has 1 aliphatic rings. The van der Waals surface area contributed by atoms with Crippen LogP contribution in [0.15, 0.2) is 71.2 Å². The van der Waals surface area contributed by atoms with Crippen molar-refractivity contribution >= 4 is 27.3 Å². The quantitative estimate of drug-likeness (QED) is 0.429. The van der Waals surface area contributed by atoms with Crippen LogP contribution in [-0.2, 0) is 0 Å². The van der Waals surface area contributed by atoms with Crippen LogP contribution in [0.1, 0.15) is 0 Å². The number of benzene rings is 3. The summed E-state index contributed by atoms with van der Waals surface area (Å²) in [7, 11) is 0. The molecule has 0 amide bonds. The zero-order chi connectivity index (χ0) is 13.5. The topological polar surface area (TPSA) is 12.0 Å². The van der Waals surface area contributed by atoms with E-state index in [4.69, 9.17) is 0 Å². The van der Waals surface area contributed by atoms with Crippen LogP contribution in [0.25, 0.3) is 22.3 Å². The van der Waals surface area contributed by atoms with E-state index >= 15 is 0 Å². The van der Waals surface area contributed by atoms with Crippen molar-refractivity contribution < 1.29 is 0 Å². The van der Waals surface area contributed by atoms with Gasteiger partial charge < -0.3 is 5.32 Å². The Morgan fingerprint density at radius 3 is 1.95 bits per heavy atom. The first-order valence-electron chi connectivity index (χ1n) is 6.58. The number of nitrogens with one attached hydrogen (secondary N) is 1. The third-order valence-electron chi connectivity index (χ3n) is 3.69. The minimum atomic E-state index is 1.08. The van der Waals surface area contributed by atoms with E-state index in [1.165, 1.54) is 22.3 Å². The average molecular weight is 322 g/mol. The van der Waals surface area contributed by atoms with Crippen molar-refractivity contribution in [1.82, 2.24) is 0 Å². The molecule has 0 atom stereocenters. The van der Waals surface area contributed by atoms with Gasteiger partial charge >= 0.3 is 0 Å². The summed E-state index contributed by atoms with van der Waals surface area (Å²) in [4.78, 5) is 0. The molecule has 3 aromatic rings. The molecule has 0 saturated heterocycles. The van der Waals surface area contributed by atoms with E-state index in [-0.39, 0.29) is 0 Å². The SMILES string of the molecule is Brc1ccc2c(c1)Nc1ccccc1-c1ccccc1-2. The first-order valence-corrected chi connectivity index (χ1v) is 7.37. The van der Waals surface area contributed by atoms with Gasteiger partial charge in [0.25, 0.3) is 0 Å². The van der Waals surface area contributed by atoms with E-state index in [1.54, 1.807) is 0 Å². The second kappa shape index (κ2) is 4.50. The van der Waals surface area contributed by atoms with Crippen molar-refractivity contribution in [1.29, 1.82) is 0 Å². The number of halogens is 1. The number of hydrogen-bond acceptors (Lipinski definition) is 1. The van der Waals surface area contributed by atoms with Crippen molar-refractivity contribution in [2.75, 3.05) is 5.32 Å². The van der Waals surface area contributed by atoms with Gasteiger partial charge in [0, 0.05) is 27.0 Å². The first-order chi connectivity index (χ1) is 9.83. The van der Waals surface area contributed by atoms with E-state index in [9.17, 15) is 0 Å². The van der Waals surface area contributed by atoms with Crippen LogP contribution in [0.4, 0.5) is 11.4 Å². The highest BCUT2D eigenvalue weighted by Crippen LogP contribution is 2.44. The van der Waals surface area contributed by atoms with E-state index in [0.717, 1.165) is 15.8 Å². The molecule has 20 heavy (non-hydrogen) atoms. The van der Waals surface area contributed by atoms with E-state index in [1.807, 2.05) is 0 Å². The largest absolute Gasteiger partial charge is 0.354 e. The van der Waals surface area contributed by atoms with E-state index < -0.39 is 0 Å². The fraction of sp³-hybridized carbons (Fsp3) is 0. The van der Waals surface area contributed by atoms with Gasteiger partial charge in [0.2, 0.25) is 0 Å². The Labute approximate surface area is 126 Å². The van der Waals surface area contributed by atoms with Gasteiger partial charge in [0.1, 0.15) is 0 Å². The Bertz CT molecular complexity index is 808. The predicted octanol–water partition coefficient (Wildman–Crippen LogP) is 5.84. The third-order valence-corrected chi connectivity index (χ3v) is 4.18. The Morgan fingerprint density at radius 2 is 1.20 bits per heavy atom. The van der Waals surface area contributed by atoms with E-state index in [2.05, 4.69) is 88.0 Å². The highest BCUT2D eigenvalue weighted by molar-refractivity contribution is 9.10. The zero-order valence-electron chi connectivity index (χ0n) is 10.7.